The van der Waals surface area contributed by atoms with Gasteiger partial charge in [-0.1, -0.05) is 13.3 Å². The monoisotopic (exact) mass is 614 g/mol. The molecule has 0 radical (unpaired) electrons. The largest absolute Gasteiger partial charge is 0.493 e. The van der Waals surface area contributed by atoms with E-state index in [0.29, 0.717) is 52.0 Å². The van der Waals surface area contributed by atoms with E-state index in [0.717, 1.165) is 30.3 Å². The second kappa shape index (κ2) is 12.5. The lowest BCUT2D eigenvalue weighted by atomic mass is 10.1. The highest BCUT2D eigenvalue weighted by molar-refractivity contribution is 7.99. The molecule has 226 valence electrons. The quantitative estimate of drug-likeness (QED) is 0.211. The zero-order chi connectivity index (χ0) is 31.5. The van der Waals surface area contributed by atoms with Gasteiger partial charge in [0.05, 0.1) is 35.1 Å². The molecule has 2 heterocycles. The number of rotatable bonds is 10. The lowest BCUT2D eigenvalue weighted by Crippen LogP contribution is -2.42. The molecule has 0 fully saturated rings. The van der Waals surface area contributed by atoms with E-state index in [4.69, 9.17) is 15.0 Å². The predicted molar refractivity (Wildman–Crippen MR) is 156 cm³/mol. The van der Waals surface area contributed by atoms with Gasteiger partial charge in [-0.15, -0.1) is 11.8 Å². The maximum absolute atomic E-state index is 13.3. The third kappa shape index (κ3) is 6.84. The molecule has 0 bridgehead atoms. The standard InChI is InChI=1S/C29H29F3N6O4S/c1-5-7-21-23-24(38(4)37-21)26(39)36-25(35-23)19-13-18(10-11-22(19)42-6-2)43-15-28(3,41)27(40)34-17-9-8-16(14-33)20(12-17)29(30,31)32/h8-13,41H,5-7,15H2,1-4H3,(H,34,40)(H,35,36,39). The van der Waals surface area contributed by atoms with Crippen LogP contribution in [-0.4, -0.2) is 48.7 Å². The summed E-state index contributed by atoms with van der Waals surface area (Å²) in [5.74, 6) is -0.373. The normalized spacial score (nSPS) is 13.0. The molecule has 14 heteroatoms. The number of nitrogens with zero attached hydrogens (tertiary/aromatic N) is 4. The van der Waals surface area contributed by atoms with Gasteiger partial charge in [-0.05, 0) is 56.7 Å². The molecule has 0 aliphatic heterocycles. The van der Waals surface area contributed by atoms with Crippen molar-refractivity contribution in [2.75, 3.05) is 17.7 Å². The second-order valence-electron chi connectivity index (χ2n) is 9.91. The Hall–Kier alpha value is -4.35. The highest BCUT2D eigenvalue weighted by Gasteiger charge is 2.35. The summed E-state index contributed by atoms with van der Waals surface area (Å²) in [4.78, 5) is 34.0. The van der Waals surface area contributed by atoms with E-state index in [-0.39, 0.29) is 22.8 Å². The van der Waals surface area contributed by atoms with Crippen LogP contribution in [0.15, 0.2) is 46.1 Å². The molecule has 0 saturated heterocycles. The van der Waals surface area contributed by atoms with Crippen LogP contribution in [0.25, 0.3) is 22.4 Å². The van der Waals surface area contributed by atoms with Crippen LogP contribution in [0.1, 0.15) is 44.0 Å². The van der Waals surface area contributed by atoms with Crippen molar-refractivity contribution in [3.8, 4) is 23.2 Å². The summed E-state index contributed by atoms with van der Waals surface area (Å²) in [5, 5.41) is 26.6. The number of carbonyl (C=O) groups excluding carboxylic acids is 1. The molecule has 2 aromatic carbocycles. The van der Waals surface area contributed by atoms with Crippen LogP contribution in [0.5, 0.6) is 5.75 Å². The van der Waals surface area contributed by atoms with Gasteiger partial charge in [0.15, 0.2) is 5.52 Å². The van der Waals surface area contributed by atoms with Crippen molar-refractivity contribution in [3.63, 3.8) is 0 Å². The number of aromatic amines is 1. The van der Waals surface area contributed by atoms with E-state index < -0.39 is 28.8 Å². The molecule has 4 aromatic rings. The Morgan fingerprint density at radius 1 is 1.23 bits per heavy atom. The SMILES string of the molecule is CCCc1nn(C)c2c(=O)[nH]c(-c3cc(SCC(C)(O)C(=O)Nc4ccc(C#N)c(C(F)(F)F)c4)ccc3OCC)nc12. The van der Waals surface area contributed by atoms with Crippen molar-refractivity contribution in [3.05, 3.63) is 63.6 Å². The Bertz CT molecular complexity index is 1780. The minimum atomic E-state index is -4.80. The number of aryl methyl sites for hydroxylation is 2. The van der Waals surface area contributed by atoms with E-state index in [1.54, 1.807) is 25.2 Å². The predicted octanol–water partition coefficient (Wildman–Crippen LogP) is 5.05. The Kier molecular flexibility index (Phi) is 9.17. The molecule has 0 aliphatic carbocycles. The maximum Gasteiger partial charge on any atom is 0.417 e. The van der Waals surface area contributed by atoms with Gasteiger partial charge in [0, 0.05) is 23.4 Å². The van der Waals surface area contributed by atoms with Crippen molar-refractivity contribution in [2.45, 2.75) is 50.3 Å². The molecule has 1 amide bonds. The lowest BCUT2D eigenvalue weighted by Gasteiger charge is -2.22. The lowest BCUT2D eigenvalue weighted by molar-refractivity contribution is -0.137. The summed E-state index contributed by atoms with van der Waals surface area (Å²) < 4.78 is 47.3. The molecule has 0 aliphatic rings. The summed E-state index contributed by atoms with van der Waals surface area (Å²) in [6.45, 7) is 5.40. The molecular formula is C29H29F3N6O4S. The van der Waals surface area contributed by atoms with E-state index in [9.17, 15) is 27.9 Å². The van der Waals surface area contributed by atoms with Crippen molar-refractivity contribution in [1.82, 2.24) is 19.7 Å². The van der Waals surface area contributed by atoms with Crippen LogP contribution >= 0.6 is 11.8 Å². The molecule has 0 saturated carbocycles. The van der Waals surface area contributed by atoms with Gasteiger partial charge in [0.25, 0.3) is 11.5 Å². The maximum atomic E-state index is 13.3. The van der Waals surface area contributed by atoms with E-state index in [2.05, 4.69) is 15.4 Å². The number of aromatic nitrogens is 4. The Morgan fingerprint density at radius 2 is 1.98 bits per heavy atom. The van der Waals surface area contributed by atoms with Crippen LogP contribution in [0, 0.1) is 11.3 Å². The molecule has 1 unspecified atom stereocenters. The highest BCUT2D eigenvalue weighted by Crippen LogP contribution is 2.35. The van der Waals surface area contributed by atoms with Crippen LogP contribution in [0.4, 0.5) is 18.9 Å². The number of H-pyrrole nitrogens is 1. The van der Waals surface area contributed by atoms with Crippen LogP contribution < -0.4 is 15.6 Å². The number of hydrogen-bond acceptors (Lipinski definition) is 8. The first kappa shape index (κ1) is 31.6. The van der Waals surface area contributed by atoms with Gasteiger partial charge in [0.1, 0.15) is 22.7 Å². The Balaban J connectivity index is 1.60. The number of aliphatic hydroxyl groups is 1. The summed E-state index contributed by atoms with van der Waals surface area (Å²) >= 11 is 1.11. The Labute approximate surface area is 248 Å². The molecule has 43 heavy (non-hydrogen) atoms. The third-order valence-corrected chi connectivity index (χ3v) is 7.76. The highest BCUT2D eigenvalue weighted by atomic mass is 32.2. The Morgan fingerprint density at radius 3 is 2.63 bits per heavy atom. The number of hydrogen-bond donors (Lipinski definition) is 3. The first-order valence-electron chi connectivity index (χ1n) is 13.3. The van der Waals surface area contributed by atoms with Gasteiger partial charge in [-0.2, -0.15) is 23.5 Å². The fourth-order valence-corrected chi connectivity index (χ4v) is 5.30. The number of halogens is 3. The van der Waals surface area contributed by atoms with E-state index in [1.165, 1.54) is 17.7 Å². The van der Waals surface area contributed by atoms with Crippen molar-refractivity contribution < 1.29 is 27.8 Å². The minimum Gasteiger partial charge on any atom is -0.493 e. The van der Waals surface area contributed by atoms with Crippen molar-refractivity contribution in [1.29, 1.82) is 5.26 Å². The molecule has 10 nitrogen and oxygen atoms in total. The smallest absolute Gasteiger partial charge is 0.417 e. The molecule has 4 rings (SSSR count). The van der Waals surface area contributed by atoms with Crippen molar-refractivity contribution >= 4 is 34.4 Å². The number of alkyl halides is 3. The van der Waals surface area contributed by atoms with E-state index in [1.807, 2.05) is 13.8 Å². The van der Waals surface area contributed by atoms with Crippen LogP contribution in [0.3, 0.4) is 0 Å². The van der Waals surface area contributed by atoms with E-state index >= 15 is 0 Å². The minimum absolute atomic E-state index is 0.166. The number of fused-ring (bicyclic) bond motifs is 1. The number of anilines is 1. The summed E-state index contributed by atoms with van der Waals surface area (Å²) in [6, 6.07) is 9.35. The summed E-state index contributed by atoms with van der Waals surface area (Å²) in [5.41, 5.74) is -2.34. The van der Waals surface area contributed by atoms with Crippen LogP contribution in [-0.2, 0) is 24.4 Å². The first-order chi connectivity index (χ1) is 20.3. The number of thioether (sulfide) groups is 1. The zero-order valence-electron chi connectivity index (χ0n) is 23.8. The molecule has 1 atom stereocenters. The molecule has 0 spiro atoms. The molecule has 3 N–H and O–H groups in total. The van der Waals surface area contributed by atoms with Gasteiger partial charge in [-0.25, -0.2) is 4.98 Å². The number of benzene rings is 2. The fourth-order valence-electron chi connectivity index (χ4n) is 4.35. The number of ether oxygens (including phenoxy) is 1. The number of amides is 1. The third-order valence-electron chi connectivity index (χ3n) is 6.47. The molecular weight excluding hydrogens is 585 g/mol. The molecule has 2 aromatic heterocycles. The zero-order valence-corrected chi connectivity index (χ0v) is 24.6. The first-order valence-corrected chi connectivity index (χ1v) is 14.3. The average molecular weight is 615 g/mol. The van der Waals surface area contributed by atoms with Gasteiger partial charge in [0.2, 0.25) is 0 Å². The van der Waals surface area contributed by atoms with Gasteiger partial charge >= 0.3 is 6.18 Å². The summed E-state index contributed by atoms with van der Waals surface area (Å²) in [7, 11) is 1.68. The average Bonchev–Trinajstić information content (AvgIpc) is 3.27. The van der Waals surface area contributed by atoms with Gasteiger partial charge < -0.3 is 20.1 Å². The number of nitrogens with one attached hydrogen (secondary N) is 2. The number of carbonyl (C=O) groups is 1. The summed E-state index contributed by atoms with van der Waals surface area (Å²) in [6.07, 6.45) is -3.35. The van der Waals surface area contributed by atoms with Crippen LogP contribution in [0.2, 0.25) is 0 Å². The number of nitriles is 1. The second-order valence-corrected chi connectivity index (χ2v) is 11.0. The topological polar surface area (TPSA) is 146 Å². The van der Waals surface area contributed by atoms with Crippen molar-refractivity contribution in [2.24, 2.45) is 7.05 Å². The van der Waals surface area contributed by atoms with Gasteiger partial charge in [-0.3, -0.25) is 14.3 Å². The fraction of sp³-hybridized carbons (Fsp3) is 0.345.